The number of aromatic nitrogens is 3. The summed E-state index contributed by atoms with van der Waals surface area (Å²) in [6.07, 6.45) is 1.50. The van der Waals surface area contributed by atoms with E-state index in [9.17, 15) is 10.1 Å². The largest absolute Gasteiger partial charge is 0.455 e. The summed E-state index contributed by atoms with van der Waals surface area (Å²) in [6, 6.07) is 19.3. The normalized spacial score (nSPS) is 13.6. The maximum atomic E-state index is 10.8. The van der Waals surface area contributed by atoms with Gasteiger partial charge in [0, 0.05) is 36.5 Å². The lowest BCUT2D eigenvalue weighted by molar-refractivity contribution is -0.384. The third-order valence-electron chi connectivity index (χ3n) is 5.29. The highest BCUT2D eigenvalue weighted by Crippen LogP contribution is 2.24. The molecular weight excluding hydrogens is 464 g/mol. The lowest BCUT2D eigenvalue weighted by Gasteiger charge is -2.27. The summed E-state index contributed by atoms with van der Waals surface area (Å²) in [5.41, 5.74) is 4.43. The van der Waals surface area contributed by atoms with Gasteiger partial charge in [-0.15, -0.1) is 0 Å². The average molecular weight is 486 g/mol. The summed E-state index contributed by atoms with van der Waals surface area (Å²) < 4.78 is 11.2. The zero-order valence-electron chi connectivity index (χ0n) is 19.1. The Morgan fingerprint density at radius 2 is 1.69 bits per heavy atom. The third-order valence-corrected chi connectivity index (χ3v) is 5.29. The van der Waals surface area contributed by atoms with E-state index in [1.165, 1.54) is 18.3 Å². The van der Waals surface area contributed by atoms with E-state index < -0.39 is 4.92 Å². The number of hydrogen-bond donors (Lipinski definition) is 2. The lowest BCUT2D eigenvalue weighted by Crippen LogP contribution is -2.37. The van der Waals surface area contributed by atoms with Crippen molar-refractivity contribution >= 4 is 35.4 Å². The van der Waals surface area contributed by atoms with E-state index in [0.717, 1.165) is 11.3 Å². The Morgan fingerprint density at radius 1 is 0.944 bits per heavy atom. The molecule has 0 atom stereocenters. The molecule has 0 bridgehead atoms. The first-order valence-electron chi connectivity index (χ1n) is 11.2. The van der Waals surface area contributed by atoms with E-state index in [1.807, 2.05) is 35.2 Å². The van der Waals surface area contributed by atoms with E-state index in [2.05, 4.69) is 30.8 Å². The van der Waals surface area contributed by atoms with Crippen molar-refractivity contribution < 1.29 is 14.1 Å². The van der Waals surface area contributed by atoms with E-state index in [-0.39, 0.29) is 11.6 Å². The van der Waals surface area contributed by atoms with Gasteiger partial charge in [0.1, 0.15) is 11.5 Å². The van der Waals surface area contributed by atoms with Gasteiger partial charge < -0.3 is 19.4 Å². The van der Waals surface area contributed by atoms with Crippen molar-refractivity contribution in [1.29, 1.82) is 0 Å². The van der Waals surface area contributed by atoms with E-state index >= 15 is 0 Å². The number of para-hydroxylation sites is 1. The summed E-state index contributed by atoms with van der Waals surface area (Å²) in [6.45, 7) is 2.55. The standard InChI is InChI=1S/C24H22N8O4/c33-32(34)19-8-6-17(7-9-19)21-11-10-20(36-21)16-25-30-23-27-22(26-18-4-2-1-3-5-18)28-24(29-23)31-12-14-35-15-13-31/h1-11,16H,12-15H2,(H2,26,27,28,29,30)/b25-16-. The molecular formula is C24H22N8O4. The van der Waals surface area contributed by atoms with Crippen LogP contribution in [0.25, 0.3) is 11.3 Å². The third kappa shape index (κ3) is 5.62. The van der Waals surface area contributed by atoms with Gasteiger partial charge in [-0.1, -0.05) is 18.2 Å². The molecule has 2 aromatic heterocycles. The van der Waals surface area contributed by atoms with E-state index in [4.69, 9.17) is 9.15 Å². The second-order valence-electron chi connectivity index (χ2n) is 7.75. The van der Waals surface area contributed by atoms with Crippen LogP contribution in [-0.2, 0) is 4.74 Å². The van der Waals surface area contributed by atoms with Gasteiger partial charge in [-0.05, 0) is 36.4 Å². The number of ether oxygens (including phenoxy) is 1. The Morgan fingerprint density at radius 3 is 2.44 bits per heavy atom. The van der Waals surface area contributed by atoms with Crippen LogP contribution in [0.2, 0.25) is 0 Å². The smallest absolute Gasteiger partial charge is 0.269 e. The lowest BCUT2D eigenvalue weighted by atomic mass is 10.1. The fourth-order valence-corrected chi connectivity index (χ4v) is 3.50. The molecule has 1 aliphatic rings. The van der Waals surface area contributed by atoms with Gasteiger partial charge in [0.2, 0.25) is 17.8 Å². The molecule has 2 aromatic carbocycles. The maximum Gasteiger partial charge on any atom is 0.269 e. The zero-order valence-corrected chi connectivity index (χ0v) is 19.1. The second-order valence-corrected chi connectivity index (χ2v) is 7.75. The molecule has 182 valence electrons. The van der Waals surface area contributed by atoms with Crippen LogP contribution < -0.4 is 15.6 Å². The van der Waals surface area contributed by atoms with Gasteiger partial charge in [0.05, 0.1) is 24.4 Å². The van der Waals surface area contributed by atoms with Crippen molar-refractivity contribution in [2.24, 2.45) is 5.10 Å². The van der Waals surface area contributed by atoms with Crippen molar-refractivity contribution in [2.45, 2.75) is 0 Å². The molecule has 0 spiro atoms. The molecule has 1 saturated heterocycles. The molecule has 5 rings (SSSR count). The number of anilines is 4. The molecule has 0 amide bonds. The summed E-state index contributed by atoms with van der Waals surface area (Å²) >= 11 is 0. The molecule has 4 aromatic rings. The number of nitro benzene ring substituents is 1. The zero-order chi connectivity index (χ0) is 24.7. The molecule has 1 fully saturated rings. The number of hydrogen-bond acceptors (Lipinski definition) is 11. The van der Waals surface area contributed by atoms with Crippen LogP contribution in [0.4, 0.5) is 29.2 Å². The number of rotatable bonds is 8. The van der Waals surface area contributed by atoms with Crippen molar-refractivity contribution in [2.75, 3.05) is 41.9 Å². The fraction of sp³-hybridized carbons (Fsp3) is 0.167. The summed E-state index contributed by atoms with van der Waals surface area (Å²) in [7, 11) is 0. The Kier molecular flexibility index (Phi) is 6.76. The van der Waals surface area contributed by atoms with Gasteiger partial charge in [0.15, 0.2) is 0 Å². The molecule has 12 heteroatoms. The minimum Gasteiger partial charge on any atom is -0.455 e. The molecule has 1 aliphatic heterocycles. The van der Waals surface area contributed by atoms with Crippen LogP contribution in [0.15, 0.2) is 76.2 Å². The topological polar surface area (TPSA) is 144 Å². The summed E-state index contributed by atoms with van der Waals surface area (Å²) in [5.74, 6) is 2.22. The molecule has 0 unspecified atom stereocenters. The minimum absolute atomic E-state index is 0.0196. The van der Waals surface area contributed by atoms with Gasteiger partial charge in [0.25, 0.3) is 5.69 Å². The number of morpholine rings is 1. The molecule has 0 aliphatic carbocycles. The van der Waals surface area contributed by atoms with Crippen molar-refractivity contribution in [3.8, 4) is 11.3 Å². The number of furan rings is 1. The Hall–Kier alpha value is -4.84. The van der Waals surface area contributed by atoms with Gasteiger partial charge in [-0.2, -0.15) is 20.1 Å². The van der Waals surface area contributed by atoms with Crippen molar-refractivity contribution in [3.05, 3.63) is 82.6 Å². The number of nitrogens with zero attached hydrogens (tertiary/aromatic N) is 6. The second kappa shape index (κ2) is 10.6. The van der Waals surface area contributed by atoms with E-state index in [1.54, 1.807) is 24.3 Å². The van der Waals surface area contributed by atoms with Crippen molar-refractivity contribution in [3.63, 3.8) is 0 Å². The fourth-order valence-electron chi connectivity index (χ4n) is 3.50. The monoisotopic (exact) mass is 486 g/mol. The highest BCUT2D eigenvalue weighted by Gasteiger charge is 2.17. The number of non-ortho nitro benzene ring substituents is 1. The molecule has 2 N–H and O–H groups in total. The molecule has 0 saturated carbocycles. The van der Waals surface area contributed by atoms with E-state index in [0.29, 0.717) is 49.7 Å². The van der Waals surface area contributed by atoms with Gasteiger partial charge in [-0.3, -0.25) is 10.1 Å². The number of nitro groups is 1. The SMILES string of the molecule is O=[N+]([O-])c1ccc(-c2ccc(/C=N\Nc3nc(Nc4ccccc4)nc(N4CCOCC4)n3)o2)cc1. The Bertz CT molecular complexity index is 1350. The van der Waals surface area contributed by atoms with Crippen LogP contribution in [-0.4, -0.2) is 52.4 Å². The molecule has 36 heavy (non-hydrogen) atoms. The predicted octanol–water partition coefficient (Wildman–Crippen LogP) is 4.07. The molecule has 3 heterocycles. The first kappa shape index (κ1) is 22.9. The van der Waals surface area contributed by atoms with Gasteiger partial charge >= 0.3 is 0 Å². The van der Waals surface area contributed by atoms with Crippen LogP contribution >= 0.6 is 0 Å². The number of hydrazone groups is 1. The maximum absolute atomic E-state index is 10.8. The van der Waals surface area contributed by atoms with Crippen LogP contribution in [0.3, 0.4) is 0 Å². The molecule has 12 nitrogen and oxygen atoms in total. The Labute approximate surface area is 205 Å². The highest BCUT2D eigenvalue weighted by atomic mass is 16.6. The first-order chi connectivity index (χ1) is 17.6. The summed E-state index contributed by atoms with van der Waals surface area (Å²) in [5, 5.41) is 18.2. The predicted molar refractivity (Wildman–Crippen MR) is 135 cm³/mol. The van der Waals surface area contributed by atoms with Crippen LogP contribution in [0.1, 0.15) is 5.76 Å². The average Bonchev–Trinajstić information content (AvgIpc) is 3.39. The highest BCUT2D eigenvalue weighted by molar-refractivity contribution is 5.78. The number of nitrogens with one attached hydrogen (secondary N) is 2. The Balaban J connectivity index is 1.31. The molecule has 0 radical (unpaired) electrons. The first-order valence-corrected chi connectivity index (χ1v) is 11.2. The minimum atomic E-state index is -0.442. The van der Waals surface area contributed by atoms with Gasteiger partial charge in [-0.25, -0.2) is 5.43 Å². The quantitative estimate of drug-likeness (QED) is 0.212. The van der Waals surface area contributed by atoms with Crippen molar-refractivity contribution in [1.82, 2.24) is 15.0 Å². The summed E-state index contributed by atoms with van der Waals surface area (Å²) in [4.78, 5) is 25.9. The number of benzene rings is 2. The van der Waals surface area contributed by atoms with Crippen LogP contribution in [0.5, 0.6) is 0 Å². The van der Waals surface area contributed by atoms with Crippen LogP contribution in [0, 0.1) is 10.1 Å².